The highest BCUT2D eigenvalue weighted by Gasteiger charge is 2.34. The standard InChI is InChI=1S/C20H22N2O3S/c1-14-7-9-15(10-8-14)21-18(23)11-12-22-19(24)13-26-20(22)16-5-3-4-6-17(16)25-2/h3-10,20H,11-13H2,1-2H3,(H,21,23)/t20-/m0/s1. The first-order valence-corrected chi connectivity index (χ1v) is 9.54. The lowest BCUT2D eigenvalue weighted by molar-refractivity contribution is -0.128. The van der Waals surface area contributed by atoms with E-state index in [0.717, 1.165) is 22.6 Å². The van der Waals surface area contributed by atoms with Gasteiger partial charge < -0.3 is 15.0 Å². The lowest BCUT2D eigenvalue weighted by Gasteiger charge is -2.25. The summed E-state index contributed by atoms with van der Waals surface area (Å²) in [6.07, 6.45) is 0.256. The van der Waals surface area contributed by atoms with Crippen molar-refractivity contribution in [3.8, 4) is 5.75 Å². The van der Waals surface area contributed by atoms with E-state index in [1.54, 1.807) is 23.8 Å². The van der Waals surface area contributed by atoms with Gasteiger partial charge in [0.1, 0.15) is 11.1 Å². The van der Waals surface area contributed by atoms with Crippen LogP contribution in [0.15, 0.2) is 48.5 Å². The molecule has 1 fully saturated rings. The number of ether oxygens (including phenoxy) is 1. The average molecular weight is 370 g/mol. The molecule has 2 aromatic rings. The maximum absolute atomic E-state index is 12.3. The highest BCUT2D eigenvalue weighted by Crippen LogP contribution is 2.42. The van der Waals surface area contributed by atoms with E-state index in [2.05, 4.69) is 5.32 Å². The Bertz CT molecular complexity index is 792. The van der Waals surface area contributed by atoms with Crippen LogP contribution in [0.2, 0.25) is 0 Å². The van der Waals surface area contributed by atoms with Crippen molar-refractivity contribution in [3.63, 3.8) is 0 Å². The zero-order valence-electron chi connectivity index (χ0n) is 14.9. The Morgan fingerprint density at radius 2 is 1.96 bits per heavy atom. The van der Waals surface area contributed by atoms with E-state index >= 15 is 0 Å². The van der Waals surface area contributed by atoms with Crippen molar-refractivity contribution >= 4 is 29.3 Å². The van der Waals surface area contributed by atoms with Crippen molar-refractivity contribution < 1.29 is 14.3 Å². The number of nitrogens with one attached hydrogen (secondary N) is 1. The zero-order valence-corrected chi connectivity index (χ0v) is 15.7. The van der Waals surface area contributed by atoms with Crippen molar-refractivity contribution in [1.82, 2.24) is 4.90 Å². The van der Waals surface area contributed by atoms with E-state index < -0.39 is 0 Å². The monoisotopic (exact) mass is 370 g/mol. The molecule has 1 aliphatic rings. The minimum absolute atomic E-state index is 0.0500. The molecule has 0 saturated carbocycles. The highest BCUT2D eigenvalue weighted by atomic mass is 32.2. The molecule has 0 aromatic heterocycles. The largest absolute Gasteiger partial charge is 0.496 e. The smallest absolute Gasteiger partial charge is 0.233 e. The van der Waals surface area contributed by atoms with Gasteiger partial charge in [-0.1, -0.05) is 35.9 Å². The molecule has 6 heteroatoms. The molecule has 3 rings (SSSR count). The average Bonchev–Trinajstić information content (AvgIpc) is 3.02. The van der Waals surface area contributed by atoms with Gasteiger partial charge >= 0.3 is 0 Å². The van der Waals surface area contributed by atoms with Crippen LogP contribution in [-0.4, -0.2) is 36.1 Å². The zero-order chi connectivity index (χ0) is 18.5. The van der Waals surface area contributed by atoms with Crippen LogP contribution < -0.4 is 10.1 Å². The second kappa shape index (κ2) is 8.27. The van der Waals surface area contributed by atoms with E-state index in [1.807, 2.05) is 55.5 Å². The maximum Gasteiger partial charge on any atom is 0.233 e. The van der Waals surface area contributed by atoms with Crippen LogP contribution in [-0.2, 0) is 9.59 Å². The third kappa shape index (κ3) is 4.19. The first-order valence-electron chi connectivity index (χ1n) is 8.49. The molecule has 5 nitrogen and oxygen atoms in total. The maximum atomic E-state index is 12.3. The van der Waals surface area contributed by atoms with Gasteiger partial charge in [-0.25, -0.2) is 0 Å². The van der Waals surface area contributed by atoms with E-state index in [0.29, 0.717) is 12.3 Å². The van der Waals surface area contributed by atoms with E-state index in [-0.39, 0.29) is 23.6 Å². The minimum atomic E-state index is -0.120. The summed E-state index contributed by atoms with van der Waals surface area (Å²) in [5.41, 5.74) is 2.87. The third-order valence-corrected chi connectivity index (χ3v) is 5.53. The van der Waals surface area contributed by atoms with Crippen molar-refractivity contribution in [2.75, 3.05) is 24.7 Å². The third-order valence-electron chi connectivity index (χ3n) is 4.29. The topological polar surface area (TPSA) is 58.6 Å². The Morgan fingerprint density at radius 3 is 2.69 bits per heavy atom. The lowest BCUT2D eigenvalue weighted by Crippen LogP contribution is -2.31. The van der Waals surface area contributed by atoms with Crippen LogP contribution in [0, 0.1) is 6.92 Å². The number of para-hydroxylation sites is 1. The van der Waals surface area contributed by atoms with Crippen LogP contribution >= 0.6 is 11.8 Å². The summed E-state index contributed by atoms with van der Waals surface area (Å²) in [4.78, 5) is 26.3. The number of benzene rings is 2. The molecule has 0 unspecified atom stereocenters. The first kappa shape index (κ1) is 18.3. The minimum Gasteiger partial charge on any atom is -0.496 e. The van der Waals surface area contributed by atoms with Gasteiger partial charge in [-0.3, -0.25) is 9.59 Å². The Balaban J connectivity index is 1.64. The Hall–Kier alpha value is -2.47. The van der Waals surface area contributed by atoms with Gasteiger partial charge in [0.2, 0.25) is 11.8 Å². The number of carbonyl (C=O) groups is 2. The van der Waals surface area contributed by atoms with Crippen LogP contribution in [0.25, 0.3) is 0 Å². The second-order valence-electron chi connectivity index (χ2n) is 6.16. The molecule has 1 aliphatic heterocycles. The van der Waals surface area contributed by atoms with Crippen molar-refractivity contribution in [3.05, 3.63) is 59.7 Å². The molecule has 136 valence electrons. The first-order chi connectivity index (χ1) is 12.6. The number of anilines is 1. The molecule has 1 atom stereocenters. The number of amides is 2. The molecule has 1 N–H and O–H groups in total. The van der Waals surface area contributed by atoms with Crippen molar-refractivity contribution in [2.24, 2.45) is 0 Å². The molecule has 2 aromatic carbocycles. The van der Waals surface area contributed by atoms with Crippen LogP contribution in [0.3, 0.4) is 0 Å². The van der Waals surface area contributed by atoms with Crippen molar-refractivity contribution in [1.29, 1.82) is 0 Å². The van der Waals surface area contributed by atoms with Gasteiger partial charge in [-0.2, -0.15) is 0 Å². The van der Waals surface area contributed by atoms with Crippen LogP contribution in [0.1, 0.15) is 22.9 Å². The lowest BCUT2D eigenvalue weighted by atomic mass is 10.1. The SMILES string of the molecule is COc1ccccc1[C@@H]1SCC(=O)N1CCC(=O)Nc1ccc(C)cc1. The van der Waals surface area contributed by atoms with Crippen LogP contribution in [0.4, 0.5) is 5.69 Å². The molecule has 1 heterocycles. The number of carbonyl (C=O) groups excluding carboxylic acids is 2. The molecule has 0 aliphatic carbocycles. The fraction of sp³-hybridized carbons (Fsp3) is 0.300. The summed E-state index contributed by atoms with van der Waals surface area (Å²) in [6, 6.07) is 15.4. The summed E-state index contributed by atoms with van der Waals surface area (Å²) in [6.45, 7) is 2.38. The molecule has 1 saturated heterocycles. The van der Waals surface area contributed by atoms with Crippen LogP contribution in [0.5, 0.6) is 5.75 Å². The number of methoxy groups -OCH3 is 1. The number of hydrogen-bond acceptors (Lipinski definition) is 4. The summed E-state index contributed by atoms with van der Waals surface area (Å²) in [5.74, 6) is 1.13. The normalized spacial score (nSPS) is 16.6. The molecule has 0 spiro atoms. The Labute approximate surface area is 157 Å². The van der Waals surface area contributed by atoms with E-state index in [9.17, 15) is 9.59 Å². The Kier molecular flexibility index (Phi) is 5.83. The molecule has 0 bridgehead atoms. The highest BCUT2D eigenvalue weighted by molar-refractivity contribution is 8.00. The number of aryl methyl sites for hydroxylation is 1. The molecular weight excluding hydrogens is 348 g/mol. The van der Waals surface area contributed by atoms with Gasteiger partial charge in [-0.05, 0) is 25.1 Å². The number of rotatable bonds is 6. The summed E-state index contributed by atoms with van der Waals surface area (Å²) < 4.78 is 5.42. The Morgan fingerprint density at radius 1 is 1.23 bits per heavy atom. The molecule has 2 amide bonds. The predicted octanol–water partition coefficient (Wildman–Crippen LogP) is 3.61. The van der Waals surface area contributed by atoms with Gasteiger partial charge in [0.25, 0.3) is 0 Å². The van der Waals surface area contributed by atoms with Gasteiger partial charge in [-0.15, -0.1) is 11.8 Å². The molecule has 0 radical (unpaired) electrons. The molecular formula is C20H22N2O3S. The number of hydrogen-bond donors (Lipinski definition) is 1. The summed E-state index contributed by atoms with van der Waals surface area (Å²) in [5, 5.41) is 2.76. The molecule has 26 heavy (non-hydrogen) atoms. The number of thioether (sulfide) groups is 1. The van der Waals surface area contributed by atoms with Gasteiger partial charge in [0, 0.05) is 24.2 Å². The fourth-order valence-corrected chi connectivity index (χ4v) is 4.15. The van der Waals surface area contributed by atoms with E-state index in [4.69, 9.17) is 4.74 Å². The van der Waals surface area contributed by atoms with E-state index in [1.165, 1.54) is 0 Å². The quantitative estimate of drug-likeness (QED) is 0.844. The van der Waals surface area contributed by atoms with Gasteiger partial charge in [0.05, 0.1) is 12.9 Å². The predicted molar refractivity (Wildman–Crippen MR) is 104 cm³/mol. The number of nitrogens with zero attached hydrogens (tertiary/aromatic N) is 1. The van der Waals surface area contributed by atoms with Gasteiger partial charge in [0.15, 0.2) is 0 Å². The summed E-state index contributed by atoms with van der Waals surface area (Å²) in [7, 11) is 1.62. The van der Waals surface area contributed by atoms with Crippen molar-refractivity contribution in [2.45, 2.75) is 18.7 Å². The summed E-state index contributed by atoms with van der Waals surface area (Å²) >= 11 is 1.56. The fourth-order valence-electron chi connectivity index (χ4n) is 2.91. The second-order valence-corrected chi connectivity index (χ2v) is 7.23.